The minimum Gasteiger partial charge on any atom is -0.368 e. The maximum absolute atomic E-state index is 12.9. The Labute approximate surface area is 228 Å². The second-order valence-corrected chi connectivity index (χ2v) is 9.13. The van der Waals surface area contributed by atoms with Crippen molar-refractivity contribution in [1.29, 1.82) is 0 Å². The highest BCUT2D eigenvalue weighted by atomic mass is 16.2. The molecule has 8 N–H and O–H groups in total. The van der Waals surface area contributed by atoms with E-state index in [-0.39, 0.29) is 11.1 Å². The molecule has 0 atom stereocenters. The van der Waals surface area contributed by atoms with Gasteiger partial charge in [0.25, 0.3) is 11.8 Å². The van der Waals surface area contributed by atoms with Crippen LogP contribution in [0.2, 0.25) is 0 Å². The molecule has 5 rings (SSSR count). The van der Waals surface area contributed by atoms with Crippen LogP contribution in [-0.4, -0.2) is 61.5 Å². The van der Waals surface area contributed by atoms with E-state index in [9.17, 15) is 19.2 Å². The number of benzene rings is 3. The number of carbonyl (C=O) groups excluding carboxylic acids is 4. The van der Waals surface area contributed by atoms with Gasteiger partial charge in [-0.1, -0.05) is 0 Å². The summed E-state index contributed by atoms with van der Waals surface area (Å²) in [6.07, 6.45) is 0. The molecular weight excluding hydrogens is 512 g/mol. The molecule has 0 bridgehead atoms. The Morgan fingerprint density at radius 3 is 1.32 bits per heavy atom. The lowest BCUT2D eigenvalue weighted by Gasteiger charge is -2.12. The average molecular weight is 539 g/mol. The molecule has 0 fully saturated rings. The summed E-state index contributed by atoms with van der Waals surface area (Å²) in [6, 6.07) is 15.6. The van der Waals surface area contributed by atoms with Gasteiger partial charge in [-0.3, -0.25) is 29.2 Å². The van der Waals surface area contributed by atoms with E-state index < -0.39 is 23.6 Å². The molecule has 4 amide bonds. The third-order valence-corrected chi connectivity index (χ3v) is 6.26. The largest absolute Gasteiger partial charge is 0.368 e. The molecule has 0 unspecified atom stereocenters. The molecule has 40 heavy (non-hydrogen) atoms. The van der Waals surface area contributed by atoms with Gasteiger partial charge in [-0.15, -0.1) is 0 Å². The smallest absolute Gasteiger partial charge is 0.255 e. The van der Waals surface area contributed by atoms with Gasteiger partial charge in [-0.25, -0.2) is 0 Å². The highest BCUT2D eigenvalue weighted by molar-refractivity contribution is 6.10. The summed E-state index contributed by atoms with van der Waals surface area (Å²) in [5, 5.41) is 11.8. The fourth-order valence-corrected chi connectivity index (χ4v) is 4.32. The molecule has 2 aliphatic heterocycles. The maximum Gasteiger partial charge on any atom is 0.255 e. The minimum absolute atomic E-state index is 0.232. The van der Waals surface area contributed by atoms with Crippen molar-refractivity contribution in [3.63, 3.8) is 0 Å². The van der Waals surface area contributed by atoms with Crippen LogP contribution >= 0.6 is 0 Å². The first-order chi connectivity index (χ1) is 19.3. The zero-order valence-electron chi connectivity index (χ0n) is 21.3. The van der Waals surface area contributed by atoms with Gasteiger partial charge in [0.15, 0.2) is 0 Å². The van der Waals surface area contributed by atoms with Gasteiger partial charge in [0.2, 0.25) is 11.8 Å². The van der Waals surface area contributed by atoms with Crippen molar-refractivity contribution in [1.82, 2.24) is 10.6 Å². The Bertz CT molecular complexity index is 1480. The van der Waals surface area contributed by atoms with Crippen LogP contribution in [0.4, 0.5) is 11.4 Å². The van der Waals surface area contributed by atoms with Crippen molar-refractivity contribution in [2.45, 2.75) is 0 Å². The van der Waals surface area contributed by atoms with E-state index in [1.807, 2.05) is 0 Å². The lowest BCUT2D eigenvalue weighted by Crippen LogP contribution is -2.22. The second-order valence-electron chi connectivity index (χ2n) is 9.13. The number of carbonyl (C=O) groups is 4. The number of hydrogen-bond acceptors (Lipinski definition) is 8. The van der Waals surface area contributed by atoms with E-state index in [1.54, 1.807) is 24.3 Å². The molecule has 12 nitrogen and oxygen atoms in total. The van der Waals surface area contributed by atoms with Crippen LogP contribution in [-0.2, 0) is 0 Å². The van der Waals surface area contributed by atoms with Gasteiger partial charge >= 0.3 is 0 Å². The van der Waals surface area contributed by atoms with Gasteiger partial charge in [-0.2, -0.15) is 0 Å². The maximum atomic E-state index is 12.9. The molecule has 3 aromatic rings. The minimum atomic E-state index is -0.632. The van der Waals surface area contributed by atoms with Gasteiger partial charge < -0.3 is 32.7 Å². The van der Waals surface area contributed by atoms with Crippen LogP contribution < -0.4 is 32.7 Å². The summed E-state index contributed by atoms with van der Waals surface area (Å²) in [5.41, 5.74) is 14.0. The van der Waals surface area contributed by atoms with Crippen molar-refractivity contribution in [3.8, 4) is 0 Å². The summed E-state index contributed by atoms with van der Waals surface area (Å²) >= 11 is 0. The number of nitrogens with zero attached hydrogens (tertiary/aromatic N) is 2. The summed E-state index contributed by atoms with van der Waals surface area (Å²) in [4.78, 5) is 58.2. The van der Waals surface area contributed by atoms with Crippen LogP contribution in [0.15, 0.2) is 70.6 Å². The Morgan fingerprint density at radius 1 is 0.600 bits per heavy atom. The van der Waals surface area contributed by atoms with Gasteiger partial charge in [-0.05, 0) is 60.7 Å². The number of amides is 4. The first-order valence-electron chi connectivity index (χ1n) is 12.5. The van der Waals surface area contributed by atoms with E-state index in [1.165, 1.54) is 36.4 Å². The normalized spacial score (nSPS) is 13.9. The number of nitrogens with two attached hydrogens (primary N) is 2. The first-order valence-corrected chi connectivity index (χ1v) is 12.5. The van der Waals surface area contributed by atoms with Gasteiger partial charge in [0, 0.05) is 57.8 Å². The molecule has 2 aliphatic rings. The SMILES string of the molecule is NC(=O)c1cc(NC(=O)c2ccc(C(=O)Nc3cc(C(N)=O)cc(C4=NCCN4)c3)cc2)cc(C2=NCCN2)c1. The first kappa shape index (κ1) is 26.1. The lowest BCUT2D eigenvalue weighted by molar-refractivity contribution is 0.0991. The number of aliphatic imine (C=N–C) groups is 2. The number of anilines is 2. The molecule has 0 saturated carbocycles. The number of primary amides is 2. The molecule has 0 radical (unpaired) electrons. The Kier molecular flexibility index (Phi) is 7.22. The van der Waals surface area contributed by atoms with E-state index in [2.05, 4.69) is 31.3 Å². The summed E-state index contributed by atoms with van der Waals surface area (Å²) in [6.45, 7) is 2.59. The quantitative estimate of drug-likeness (QED) is 0.248. The molecule has 12 heteroatoms. The van der Waals surface area contributed by atoms with E-state index in [0.29, 0.717) is 71.5 Å². The zero-order valence-corrected chi connectivity index (χ0v) is 21.3. The van der Waals surface area contributed by atoms with Crippen LogP contribution in [0.1, 0.15) is 52.6 Å². The Morgan fingerprint density at radius 2 is 1.00 bits per heavy atom. The topological polar surface area (TPSA) is 193 Å². The van der Waals surface area contributed by atoms with Crippen molar-refractivity contribution < 1.29 is 19.2 Å². The Hall–Kier alpha value is -5.52. The third kappa shape index (κ3) is 5.80. The van der Waals surface area contributed by atoms with Crippen molar-refractivity contribution >= 4 is 46.7 Å². The molecule has 0 aliphatic carbocycles. The highest BCUT2D eigenvalue weighted by Crippen LogP contribution is 2.20. The lowest BCUT2D eigenvalue weighted by atomic mass is 10.1. The predicted octanol–water partition coefficient (Wildman–Crippen LogP) is 1.09. The fraction of sp³-hybridized carbons (Fsp3) is 0.143. The summed E-state index contributed by atoms with van der Waals surface area (Å²) < 4.78 is 0. The summed E-state index contributed by atoms with van der Waals surface area (Å²) in [5.74, 6) is -0.904. The van der Waals surface area contributed by atoms with Crippen LogP contribution in [0, 0.1) is 0 Å². The van der Waals surface area contributed by atoms with Crippen molar-refractivity contribution in [2.24, 2.45) is 21.5 Å². The van der Waals surface area contributed by atoms with Gasteiger partial charge in [0.05, 0.1) is 13.1 Å². The summed E-state index contributed by atoms with van der Waals surface area (Å²) in [7, 11) is 0. The molecule has 3 aromatic carbocycles. The van der Waals surface area contributed by atoms with E-state index >= 15 is 0 Å². The number of amidine groups is 2. The zero-order chi connectivity index (χ0) is 28.2. The van der Waals surface area contributed by atoms with Crippen molar-refractivity contribution in [3.05, 3.63) is 94.0 Å². The van der Waals surface area contributed by atoms with Crippen LogP contribution in [0.3, 0.4) is 0 Å². The molecule has 0 saturated heterocycles. The van der Waals surface area contributed by atoms with Crippen molar-refractivity contribution in [2.75, 3.05) is 36.8 Å². The predicted molar refractivity (Wildman–Crippen MR) is 151 cm³/mol. The molecule has 0 aromatic heterocycles. The number of nitrogens with one attached hydrogen (secondary N) is 4. The monoisotopic (exact) mass is 538 g/mol. The van der Waals surface area contributed by atoms with E-state index in [0.717, 1.165) is 0 Å². The van der Waals surface area contributed by atoms with Gasteiger partial charge in [0.1, 0.15) is 11.7 Å². The second kappa shape index (κ2) is 11.1. The molecule has 2 heterocycles. The standard InChI is InChI=1S/C28H26N8O4/c29-23(37)17-9-19(25-31-5-6-32-25)13-21(11-17)35-27(39)15-1-2-16(4-3-15)28(40)36-22-12-18(24(30)38)10-20(14-22)26-33-7-8-34-26/h1-4,9-14H,5-8H2,(H2,29,37)(H2,30,38)(H,31,32)(H,33,34)(H,35,39)(H,36,40). The highest BCUT2D eigenvalue weighted by Gasteiger charge is 2.17. The van der Waals surface area contributed by atoms with Crippen LogP contribution in [0.25, 0.3) is 0 Å². The molecular formula is C28H26N8O4. The molecule has 0 spiro atoms. The third-order valence-electron chi connectivity index (χ3n) is 6.26. The molecule has 202 valence electrons. The number of hydrogen-bond donors (Lipinski definition) is 6. The Balaban J connectivity index is 1.30. The number of rotatable bonds is 8. The van der Waals surface area contributed by atoms with Crippen LogP contribution in [0.5, 0.6) is 0 Å². The van der Waals surface area contributed by atoms with E-state index in [4.69, 9.17) is 11.5 Å². The fourth-order valence-electron chi connectivity index (χ4n) is 4.32. The average Bonchev–Trinajstić information content (AvgIpc) is 3.68.